The minimum absolute atomic E-state index is 0.0682. The van der Waals surface area contributed by atoms with E-state index in [-0.39, 0.29) is 23.5 Å². The molecule has 1 aromatic heterocycles. The number of pyridine rings is 1. The summed E-state index contributed by atoms with van der Waals surface area (Å²) in [6, 6.07) is 6.02. The van der Waals surface area contributed by atoms with E-state index in [1.807, 2.05) is 13.8 Å². The number of nitrogens with one attached hydrogen (secondary N) is 1. The van der Waals surface area contributed by atoms with Crippen molar-refractivity contribution >= 4 is 32.5 Å². The molecule has 2 N–H and O–H groups in total. The quantitative estimate of drug-likeness (QED) is 0.845. The third kappa shape index (κ3) is 3.57. The number of sulfonamides is 1. The highest BCUT2D eigenvalue weighted by Gasteiger charge is 2.24. The molecule has 5 nitrogen and oxygen atoms in total. The third-order valence-electron chi connectivity index (χ3n) is 3.52. The molecule has 0 aliphatic carbocycles. The molecular formula is C15H19ClN2O3S. The smallest absolute Gasteiger partial charge is 0.241 e. The molecule has 1 atom stereocenters. The van der Waals surface area contributed by atoms with Crippen molar-refractivity contribution in [1.82, 2.24) is 9.71 Å². The van der Waals surface area contributed by atoms with Crippen LogP contribution >= 0.6 is 11.6 Å². The Balaban J connectivity index is 2.48. The molecule has 0 saturated carbocycles. The van der Waals surface area contributed by atoms with Crippen LogP contribution in [0, 0.1) is 5.92 Å². The summed E-state index contributed by atoms with van der Waals surface area (Å²) >= 11 is 6.07. The van der Waals surface area contributed by atoms with Gasteiger partial charge >= 0.3 is 0 Å². The number of fused-ring (bicyclic) bond motifs is 1. The largest absolute Gasteiger partial charge is 0.396 e. The molecule has 120 valence electrons. The van der Waals surface area contributed by atoms with Crippen molar-refractivity contribution in [3.05, 3.63) is 35.5 Å². The fraction of sp³-hybridized carbons (Fsp3) is 0.400. The summed E-state index contributed by atoms with van der Waals surface area (Å²) in [5.74, 6) is 0.0682. The second kappa shape index (κ2) is 6.91. The van der Waals surface area contributed by atoms with Crippen LogP contribution in [0.3, 0.4) is 0 Å². The lowest BCUT2D eigenvalue weighted by Gasteiger charge is -2.22. The highest BCUT2D eigenvalue weighted by atomic mass is 35.5. The summed E-state index contributed by atoms with van der Waals surface area (Å²) in [5.41, 5.74) is 0.454. The fourth-order valence-corrected chi connectivity index (χ4v) is 4.11. The van der Waals surface area contributed by atoms with E-state index in [9.17, 15) is 8.42 Å². The standard InChI is InChI=1S/C15H19ClN2O3S/c1-10(2)13(7-9-19)18-22(20,21)14-6-5-12(16)15-11(14)4-3-8-17-15/h3-6,8,10,13,18-19H,7,9H2,1-2H3. The van der Waals surface area contributed by atoms with Gasteiger partial charge in [0.15, 0.2) is 0 Å². The Labute approximate surface area is 135 Å². The van der Waals surface area contributed by atoms with Crippen LogP contribution in [-0.4, -0.2) is 31.2 Å². The molecule has 0 amide bonds. The van der Waals surface area contributed by atoms with E-state index >= 15 is 0 Å². The molecule has 22 heavy (non-hydrogen) atoms. The summed E-state index contributed by atoms with van der Waals surface area (Å²) in [5, 5.41) is 9.99. The monoisotopic (exact) mass is 342 g/mol. The van der Waals surface area contributed by atoms with Crippen LogP contribution < -0.4 is 4.72 Å². The van der Waals surface area contributed by atoms with Gasteiger partial charge in [0, 0.05) is 24.2 Å². The van der Waals surface area contributed by atoms with Crippen molar-refractivity contribution < 1.29 is 13.5 Å². The van der Waals surface area contributed by atoms with E-state index in [1.165, 1.54) is 12.1 Å². The van der Waals surface area contributed by atoms with E-state index in [2.05, 4.69) is 9.71 Å². The topological polar surface area (TPSA) is 79.3 Å². The molecule has 0 radical (unpaired) electrons. The van der Waals surface area contributed by atoms with Gasteiger partial charge in [0.1, 0.15) is 0 Å². The summed E-state index contributed by atoms with van der Waals surface area (Å²) in [7, 11) is -3.73. The normalized spacial score (nSPS) is 13.7. The zero-order valence-corrected chi connectivity index (χ0v) is 14.0. The minimum Gasteiger partial charge on any atom is -0.396 e. The van der Waals surface area contributed by atoms with Gasteiger partial charge < -0.3 is 5.11 Å². The molecule has 0 aliphatic rings. The first-order valence-corrected chi connectivity index (χ1v) is 8.89. The second-order valence-corrected chi connectivity index (χ2v) is 7.52. The minimum atomic E-state index is -3.73. The zero-order chi connectivity index (χ0) is 16.3. The number of hydrogen-bond donors (Lipinski definition) is 2. The van der Waals surface area contributed by atoms with Gasteiger partial charge in [-0.05, 0) is 36.6 Å². The molecule has 2 rings (SSSR count). The van der Waals surface area contributed by atoms with Crippen LogP contribution in [0.1, 0.15) is 20.3 Å². The van der Waals surface area contributed by atoms with Crippen molar-refractivity contribution in [2.45, 2.75) is 31.2 Å². The molecule has 7 heteroatoms. The lowest BCUT2D eigenvalue weighted by molar-refractivity contribution is 0.256. The molecule has 0 aliphatic heterocycles. The average molecular weight is 343 g/mol. The fourth-order valence-electron chi connectivity index (χ4n) is 2.28. The number of rotatable bonds is 6. The van der Waals surface area contributed by atoms with Crippen LogP contribution in [0.15, 0.2) is 35.4 Å². The van der Waals surface area contributed by atoms with E-state index in [4.69, 9.17) is 16.7 Å². The SMILES string of the molecule is CC(C)C(CCO)NS(=O)(=O)c1ccc(Cl)c2ncccc12. The van der Waals surface area contributed by atoms with Crippen LogP contribution in [0.5, 0.6) is 0 Å². The van der Waals surface area contributed by atoms with Gasteiger partial charge in [0.2, 0.25) is 10.0 Å². The highest BCUT2D eigenvalue weighted by molar-refractivity contribution is 7.89. The Kier molecular flexibility index (Phi) is 5.39. The molecule has 2 aromatic rings. The van der Waals surface area contributed by atoms with Crippen molar-refractivity contribution in [1.29, 1.82) is 0 Å². The first-order chi connectivity index (χ1) is 10.4. The lowest BCUT2D eigenvalue weighted by Crippen LogP contribution is -2.39. The Morgan fingerprint density at radius 1 is 1.32 bits per heavy atom. The van der Waals surface area contributed by atoms with Crippen molar-refractivity contribution in [3.63, 3.8) is 0 Å². The predicted octanol–water partition coefficient (Wildman–Crippen LogP) is 2.57. The van der Waals surface area contributed by atoms with E-state index in [0.717, 1.165) is 0 Å². The van der Waals surface area contributed by atoms with Crippen molar-refractivity contribution in [2.75, 3.05) is 6.61 Å². The molecule has 1 aromatic carbocycles. The van der Waals surface area contributed by atoms with E-state index < -0.39 is 10.0 Å². The number of aliphatic hydroxyl groups excluding tert-OH is 1. The number of halogens is 1. The maximum atomic E-state index is 12.7. The van der Waals surface area contributed by atoms with Crippen LogP contribution in [-0.2, 0) is 10.0 Å². The Morgan fingerprint density at radius 3 is 2.68 bits per heavy atom. The predicted molar refractivity (Wildman–Crippen MR) is 87.4 cm³/mol. The van der Waals surface area contributed by atoms with Gasteiger partial charge in [0.05, 0.1) is 15.4 Å². The molecule has 1 heterocycles. The van der Waals surface area contributed by atoms with Crippen LogP contribution in [0.4, 0.5) is 0 Å². The zero-order valence-electron chi connectivity index (χ0n) is 12.5. The maximum absolute atomic E-state index is 12.7. The van der Waals surface area contributed by atoms with Gasteiger partial charge in [-0.3, -0.25) is 4.98 Å². The van der Waals surface area contributed by atoms with E-state index in [1.54, 1.807) is 18.3 Å². The van der Waals surface area contributed by atoms with Crippen LogP contribution in [0.25, 0.3) is 10.9 Å². The number of aliphatic hydroxyl groups is 1. The second-order valence-electron chi connectivity index (χ2n) is 5.43. The van der Waals surface area contributed by atoms with Crippen molar-refractivity contribution in [3.8, 4) is 0 Å². The van der Waals surface area contributed by atoms with Gasteiger partial charge in [0.25, 0.3) is 0 Å². The lowest BCUT2D eigenvalue weighted by atomic mass is 10.0. The Bertz CT molecular complexity index is 762. The summed E-state index contributed by atoms with van der Waals surface area (Å²) in [6.45, 7) is 3.74. The first kappa shape index (κ1) is 17.1. The number of nitrogens with zero attached hydrogens (tertiary/aromatic N) is 1. The Hall–Kier alpha value is -1.21. The molecule has 0 fully saturated rings. The summed E-state index contributed by atoms with van der Waals surface area (Å²) in [6.07, 6.45) is 1.93. The van der Waals surface area contributed by atoms with Gasteiger partial charge in [-0.1, -0.05) is 25.4 Å². The molecule has 0 spiro atoms. The van der Waals surface area contributed by atoms with Crippen LogP contribution in [0.2, 0.25) is 5.02 Å². The number of hydrogen-bond acceptors (Lipinski definition) is 4. The Morgan fingerprint density at radius 2 is 2.05 bits per heavy atom. The highest BCUT2D eigenvalue weighted by Crippen LogP contribution is 2.28. The van der Waals surface area contributed by atoms with Crippen molar-refractivity contribution in [2.24, 2.45) is 5.92 Å². The maximum Gasteiger partial charge on any atom is 0.241 e. The van der Waals surface area contributed by atoms with Gasteiger partial charge in [-0.15, -0.1) is 0 Å². The molecule has 0 bridgehead atoms. The van der Waals surface area contributed by atoms with Gasteiger partial charge in [-0.25, -0.2) is 13.1 Å². The molecule has 1 unspecified atom stereocenters. The number of benzene rings is 1. The average Bonchev–Trinajstić information content (AvgIpc) is 2.47. The van der Waals surface area contributed by atoms with E-state index in [0.29, 0.717) is 22.3 Å². The summed E-state index contributed by atoms with van der Waals surface area (Å²) in [4.78, 5) is 4.28. The molecular weight excluding hydrogens is 324 g/mol. The first-order valence-electron chi connectivity index (χ1n) is 7.03. The summed E-state index contributed by atoms with van der Waals surface area (Å²) < 4.78 is 28.0. The number of aromatic nitrogens is 1. The molecule has 0 saturated heterocycles. The third-order valence-corrected chi connectivity index (χ3v) is 5.37. The van der Waals surface area contributed by atoms with Gasteiger partial charge in [-0.2, -0.15) is 0 Å².